The van der Waals surface area contributed by atoms with Gasteiger partial charge in [-0.2, -0.15) is 0 Å². The molecule has 2 aromatic rings. The van der Waals surface area contributed by atoms with Crippen molar-refractivity contribution in [3.05, 3.63) is 52.5 Å². The Morgan fingerprint density at radius 1 is 1.35 bits per heavy atom. The highest BCUT2D eigenvalue weighted by Crippen LogP contribution is 2.26. The van der Waals surface area contributed by atoms with Crippen molar-refractivity contribution in [2.24, 2.45) is 0 Å². The lowest BCUT2D eigenvalue weighted by atomic mass is 10.2. The summed E-state index contributed by atoms with van der Waals surface area (Å²) in [4.78, 5) is 28.8. The molecule has 1 aromatic carbocycles. The maximum absolute atomic E-state index is 13.9. The van der Waals surface area contributed by atoms with Crippen LogP contribution in [0.2, 0.25) is 0 Å². The number of carbonyl (C=O) groups is 2. The third-order valence-corrected chi connectivity index (χ3v) is 4.96. The minimum atomic E-state index is -0.526. The van der Waals surface area contributed by atoms with E-state index in [0.717, 1.165) is 4.88 Å². The zero-order valence-corrected chi connectivity index (χ0v) is 13.6. The van der Waals surface area contributed by atoms with Crippen LogP contribution >= 0.6 is 11.3 Å². The quantitative estimate of drug-likeness (QED) is 0.864. The standard InChI is InChI=1S/C17H17FN2O2S/c1-19(16(21)11-12-5-4-10-23-12)15-8-9-20(17(15)22)14-7-3-2-6-13(14)18/h2-7,10,15H,8-9,11H2,1H3. The van der Waals surface area contributed by atoms with Crippen molar-refractivity contribution in [2.45, 2.75) is 18.9 Å². The van der Waals surface area contributed by atoms with Gasteiger partial charge in [-0.25, -0.2) is 4.39 Å². The number of carbonyl (C=O) groups excluding carboxylic acids is 2. The number of hydrogen-bond acceptors (Lipinski definition) is 3. The molecule has 1 saturated heterocycles. The lowest BCUT2D eigenvalue weighted by Crippen LogP contribution is -2.43. The molecule has 0 spiro atoms. The summed E-state index contributed by atoms with van der Waals surface area (Å²) >= 11 is 1.52. The third-order valence-electron chi connectivity index (χ3n) is 4.09. The number of amides is 2. The van der Waals surface area contributed by atoms with E-state index >= 15 is 0 Å². The fourth-order valence-corrected chi connectivity index (χ4v) is 3.49. The highest BCUT2D eigenvalue weighted by atomic mass is 32.1. The summed E-state index contributed by atoms with van der Waals surface area (Å²) in [6.07, 6.45) is 0.803. The number of benzene rings is 1. The summed E-state index contributed by atoms with van der Waals surface area (Å²) in [7, 11) is 1.64. The number of anilines is 1. The second-order valence-corrected chi connectivity index (χ2v) is 6.54. The molecule has 1 aliphatic rings. The number of hydrogen-bond donors (Lipinski definition) is 0. The van der Waals surface area contributed by atoms with Crippen molar-refractivity contribution in [1.82, 2.24) is 4.90 Å². The Labute approximate surface area is 138 Å². The first-order chi connectivity index (χ1) is 11.1. The van der Waals surface area contributed by atoms with Crippen LogP contribution < -0.4 is 4.90 Å². The van der Waals surface area contributed by atoms with Gasteiger partial charge in [-0.1, -0.05) is 18.2 Å². The molecule has 0 bridgehead atoms. The van der Waals surface area contributed by atoms with E-state index in [1.165, 1.54) is 27.2 Å². The Balaban J connectivity index is 1.71. The van der Waals surface area contributed by atoms with E-state index in [9.17, 15) is 14.0 Å². The van der Waals surface area contributed by atoms with Gasteiger partial charge in [-0.3, -0.25) is 9.59 Å². The van der Waals surface area contributed by atoms with Crippen molar-refractivity contribution in [1.29, 1.82) is 0 Å². The molecular weight excluding hydrogens is 315 g/mol. The Bertz CT molecular complexity index is 717. The first-order valence-corrected chi connectivity index (χ1v) is 8.30. The predicted octanol–water partition coefficient (Wildman–Crippen LogP) is 2.69. The molecule has 120 valence electrons. The van der Waals surface area contributed by atoms with Gasteiger partial charge in [0.2, 0.25) is 11.8 Å². The summed E-state index contributed by atoms with van der Waals surface area (Å²) < 4.78 is 13.9. The van der Waals surface area contributed by atoms with Crippen LogP contribution in [-0.2, 0) is 16.0 Å². The normalized spacial score (nSPS) is 17.6. The summed E-state index contributed by atoms with van der Waals surface area (Å²) in [5.74, 6) is -0.743. The van der Waals surface area contributed by atoms with Gasteiger partial charge in [0.25, 0.3) is 0 Å². The fourth-order valence-electron chi connectivity index (χ4n) is 2.79. The zero-order chi connectivity index (χ0) is 16.4. The number of halogens is 1. The van der Waals surface area contributed by atoms with Crippen molar-refractivity contribution < 1.29 is 14.0 Å². The molecule has 1 aromatic heterocycles. The van der Waals surface area contributed by atoms with E-state index < -0.39 is 11.9 Å². The molecule has 23 heavy (non-hydrogen) atoms. The second-order valence-electron chi connectivity index (χ2n) is 5.51. The Kier molecular flexibility index (Phi) is 4.43. The van der Waals surface area contributed by atoms with Crippen LogP contribution in [0.3, 0.4) is 0 Å². The summed E-state index contributed by atoms with van der Waals surface area (Å²) in [5.41, 5.74) is 0.277. The minimum absolute atomic E-state index is 0.0961. The van der Waals surface area contributed by atoms with Crippen LogP contribution in [-0.4, -0.2) is 36.3 Å². The van der Waals surface area contributed by atoms with E-state index in [2.05, 4.69) is 0 Å². The average molecular weight is 332 g/mol. The van der Waals surface area contributed by atoms with Crippen molar-refractivity contribution in [2.75, 3.05) is 18.5 Å². The number of thiophene rings is 1. The molecule has 0 N–H and O–H groups in total. The number of likely N-dealkylation sites (N-methyl/N-ethyl adjacent to an activating group) is 1. The van der Waals surface area contributed by atoms with E-state index in [1.807, 2.05) is 17.5 Å². The van der Waals surface area contributed by atoms with E-state index in [-0.39, 0.29) is 23.9 Å². The maximum Gasteiger partial charge on any atom is 0.249 e. The fraction of sp³-hybridized carbons (Fsp3) is 0.294. The minimum Gasteiger partial charge on any atom is -0.333 e. The first kappa shape index (κ1) is 15.7. The highest BCUT2D eigenvalue weighted by molar-refractivity contribution is 7.10. The van der Waals surface area contributed by atoms with Gasteiger partial charge in [0.1, 0.15) is 11.9 Å². The van der Waals surface area contributed by atoms with Crippen LogP contribution in [0, 0.1) is 5.82 Å². The van der Waals surface area contributed by atoms with Crippen LogP contribution in [0.15, 0.2) is 41.8 Å². The molecule has 1 unspecified atom stereocenters. The Morgan fingerprint density at radius 2 is 2.13 bits per heavy atom. The summed E-state index contributed by atoms with van der Waals surface area (Å²) in [6, 6.07) is 9.48. The maximum atomic E-state index is 13.9. The van der Waals surface area contributed by atoms with Gasteiger partial charge < -0.3 is 9.80 Å². The third kappa shape index (κ3) is 3.12. The Hall–Kier alpha value is -2.21. The van der Waals surface area contributed by atoms with Crippen molar-refractivity contribution in [3.63, 3.8) is 0 Å². The molecule has 2 amide bonds. The van der Waals surface area contributed by atoms with Crippen molar-refractivity contribution >= 4 is 28.8 Å². The summed E-state index contributed by atoms with van der Waals surface area (Å²) in [5, 5.41) is 1.92. The van der Waals surface area contributed by atoms with Gasteiger partial charge in [-0.15, -0.1) is 11.3 Å². The molecule has 2 heterocycles. The Morgan fingerprint density at radius 3 is 2.83 bits per heavy atom. The number of rotatable bonds is 4. The van der Waals surface area contributed by atoms with Crippen molar-refractivity contribution in [3.8, 4) is 0 Å². The topological polar surface area (TPSA) is 40.6 Å². The molecule has 1 aliphatic heterocycles. The van der Waals surface area contributed by atoms with Gasteiger partial charge in [-0.05, 0) is 30.0 Å². The zero-order valence-electron chi connectivity index (χ0n) is 12.7. The number of para-hydroxylation sites is 1. The molecule has 1 fully saturated rings. The molecular formula is C17H17FN2O2S. The molecule has 0 radical (unpaired) electrons. The highest BCUT2D eigenvalue weighted by Gasteiger charge is 2.37. The monoisotopic (exact) mass is 332 g/mol. The van der Waals surface area contributed by atoms with E-state index in [4.69, 9.17) is 0 Å². The van der Waals surface area contributed by atoms with E-state index in [0.29, 0.717) is 13.0 Å². The molecule has 3 rings (SSSR count). The molecule has 6 heteroatoms. The van der Waals surface area contributed by atoms with Gasteiger partial charge in [0.05, 0.1) is 12.1 Å². The molecule has 0 saturated carbocycles. The van der Waals surface area contributed by atoms with Crippen LogP contribution in [0.1, 0.15) is 11.3 Å². The SMILES string of the molecule is CN(C(=O)Cc1cccs1)C1CCN(c2ccccc2F)C1=O. The molecule has 0 aliphatic carbocycles. The van der Waals surface area contributed by atoms with Gasteiger partial charge >= 0.3 is 0 Å². The van der Waals surface area contributed by atoms with Gasteiger partial charge in [0, 0.05) is 18.5 Å². The largest absolute Gasteiger partial charge is 0.333 e. The smallest absolute Gasteiger partial charge is 0.249 e. The molecule has 1 atom stereocenters. The van der Waals surface area contributed by atoms with Crippen LogP contribution in [0.25, 0.3) is 0 Å². The van der Waals surface area contributed by atoms with E-state index in [1.54, 1.807) is 25.2 Å². The molecule has 4 nitrogen and oxygen atoms in total. The first-order valence-electron chi connectivity index (χ1n) is 7.42. The van der Waals surface area contributed by atoms with Crippen LogP contribution in [0.4, 0.5) is 10.1 Å². The summed E-state index contributed by atoms with van der Waals surface area (Å²) in [6.45, 7) is 0.418. The average Bonchev–Trinajstić information content (AvgIpc) is 3.17. The lowest BCUT2D eigenvalue weighted by molar-refractivity contribution is -0.136. The van der Waals surface area contributed by atoms with Crippen LogP contribution in [0.5, 0.6) is 0 Å². The predicted molar refractivity (Wildman–Crippen MR) is 88.0 cm³/mol. The lowest BCUT2D eigenvalue weighted by Gasteiger charge is -2.24. The number of nitrogens with zero attached hydrogens (tertiary/aromatic N) is 2. The second kappa shape index (κ2) is 6.50. The van der Waals surface area contributed by atoms with Gasteiger partial charge in [0.15, 0.2) is 0 Å².